The second-order valence-electron chi connectivity index (χ2n) is 2.72. The number of alkyl halides is 1. The van der Waals surface area contributed by atoms with Gasteiger partial charge >= 0.3 is 0 Å². The third-order valence-corrected chi connectivity index (χ3v) is 3.45. The van der Waals surface area contributed by atoms with Gasteiger partial charge in [-0.1, -0.05) is 35.0 Å². The van der Waals surface area contributed by atoms with Crippen LogP contribution in [0.4, 0.5) is 0 Å². The number of halogens is 2. The van der Waals surface area contributed by atoms with E-state index in [1.807, 2.05) is 25.1 Å². The summed E-state index contributed by atoms with van der Waals surface area (Å²) < 4.78 is 1.15. The summed E-state index contributed by atoms with van der Waals surface area (Å²) in [4.78, 5) is 11.4. The van der Waals surface area contributed by atoms with Crippen LogP contribution in [-0.2, 0) is 5.33 Å². The van der Waals surface area contributed by atoms with Gasteiger partial charge in [-0.2, -0.15) is 0 Å². The number of carbonyl (C=O) groups is 1. The van der Waals surface area contributed by atoms with E-state index in [0.29, 0.717) is 6.42 Å². The van der Waals surface area contributed by atoms with Crippen LogP contribution in [0.3, 0.4) is 0 Å². The minimum absolute atomic E-state index is 0.207. The molecule has 0 N–H and O–H groups in total. The van der Waals surface area contributed by atoms with Gasteiger partial charge in [0.1, 0.15) is 0 Å². The maximum Gasteiger partial charge on any atom is 0.162 e. The highest BCUT2D eigenvalue weighted by Gasteiger charge is 2.05. The van der Waals surface area contributed by atoms with Crippen LogP contribution in [0.2, 0.25) is 0 Å². The predicted molar refractivity (Wildman–Crippen MR) is 66.4 cm³/mol. The van der Waals surface area contributed by atoms with Crippen molar-refractivity contribution >= 4 is 44.3 Å². The Balaban J connectivity index is 3.02. The van der Waals surface area contributed by atoms with Crippen LogP contribution in [0.25, 0.3) is 0 Å². The maximum atomic E-state index is 11.4. The third-order valence-electron chi connectivity index (χ3n) is 1.84. The van der Waals surface area contributed by atoms with Crippen molar-refractivity contribution in [1.29, 1.82) is 0 Å². The summed E-state index contributed by atoms with van der Waals surface area (Å²) in [6.07, 6.45) is 0.573. The molecule has 0 heterocycles. The molecule has 3 heteroatoms. The molecular weight excluding hydrogens is 343 g/mol. The molecular formula is C10H10BrIO. The van der Waals surface area contributed by atoms with E-state index in [4.69, 9.17) is 0 Å². The number of carbonyl (C=O) groups excluding carboxylic acids is 1. The lowest BCUT2D eigenvalue weighted by Crippen LogP contribution is -1.97. The van der Waals surface area contributed by atoms with Crippen molar-refractivity contribution in [2.24, 2.45) is 0 Å². The van der Waals surface area contributed by atoms with Crippen LogP contribution in [0.15, 0.2) is 18.2 Å². The highest BCUT2D eigenvalue weighted by molar-refractivity contribution is 14.1. The van der Waals surface area contributed by atoms with Gasteiger partial charge in [0.2, 0.25) is 0 Å². The van der Waals surface area contributed by atoms with Gasteiger partial charge in [-0.05, 0) is 34.2 Å². The SMILES string of the molecule is CCC(=O)c1ccc(CBr)c(I)c1. The minimum Gasteiger partial charge on any atom is -0.294 e. The van der Waals surface area contributed by atoms with Crippen LogP contribution < -0.4 is 0 Å². The molecule has 1 rings (SSSR count). The first-order valence-electron chi connectivity index (χ1n) is 4.06. The molecule has 0 fully saturated rings. The van der Waals surface area contributed by atoms with Crippen molar-refractivity contribution in [1.82, 2.24) is 0 Å². The van der Waals surface area contributed by atoms with Crippen molar-refractivity contribution in [2.75, 3.05) is 0 Å². The average Bonchev–Trinajstić information content (AvgIpc) is 2.16. The fourth-order valence-corrected chi connectivity index (χ4v) is 2.75. The smallest absolute Gasteiger partial charge is 0.162 e. The lowest BCUT2D eigenvalue weighted by Gasteiger charge is -2.02. The molecule has 0 aromatic heterocycles. The highest BCUT2D eigenvalue weighted by Crippen LogP contribution is 2.17. The van der Waals surface area contributed by atoms with E-state index >= 15 is 0 Å². The normalized spacial score (nSPS) is 10.1. The Bertz CT molecular complexity index is 323. The summed E-state index contributed by atoms with van der Waals surface area (Å²) in [6, 6.07) is 5.84. The second kappa shape index (κ2) is 5.10. The zero-order valence-corrected chi connectivity index (χ0v) is 11.1. The number of hydrogen-bond donors (Lipinski definition) is 0. The molecule has 1 aromatic rings. The fourth-order valence-electron chi connectivity index (χ4n) is 1.03. The number of rotatable bonds is 3. The second-order valence-corrected chi connectivity index (χ2v) is 4.44. The van der Waals surface area contributed by atoms with E-state index in [2.05, 4.69) is 38.5 Å². The largest absolute Gasteiger partial charge is 0.294 e. The standard InChI is InChI=1S/C10H10BrIO/c1-2-10(13)7-3-4-8(6-11)9(12)5-7/h3-5H,2,6H2,1H3. The number of ketones is 1. The van der Waals surface area contributed by atoms with Gasteiger partial charge in [0.25, 0.3) is 0 Å². The molecule has 13 heavy (non-hydrogen) atoms. The molecule has 1 aromatic carbocycles. The molecule has 0 bridgehead atoms. The Morgan fingerprint density at radius 1 is 1.54 bits per heavy atom. The van der Waals surface area contributed by atoms with Gasteiger partial charge in [0.15, 0.2) is 5.78 Å². The molecule has 0 aliphatic rings. The summed E-state index contributed by atoms with van der Waals surface area (Å²) in [6.45, 7) is 1.88. The molecule has 0 spiro atoms. The molecule has 0 atom stereocenters. The summed E-state index contributed by atoms with van der Waals surface area (Å²) in [5.41, 5.74) is 2.05. The van der Waals surface area contributed by atoms with E-state index < -0.39 is 0 Å². The Kier molecular flexibility index (Phi) is 4.38. The first kappa shape index (κ1) is 11.2. The molecule has 0 unspecified atom stereocenters. The zero-order valence-electron chi connectivity index (χ0n) is 7.31. The Morgan fingerprint density at radius 2 is 2.23 bits per heavy atom. The number of benzene rings is 1. The highest BCUT2D eigenvalue weighted by atomic mass is 127. The quantitative estimate of drug-likeness (QED) is 0.459. The number of hydrogen-bond acceptors (Lipinski definition) is 1. The summed E-state index contributed by atoms with van der Waals surface area (Å²) in [5.74, 6) is 0.207. The molecule has 0 aliphatic carbocycles. The van der Waals surface area contributed by atoms with E-state index in [1.54, 1.807) is 0 Å². The lowest BCUT2D eigenvalue weighted by molar-refractivity contribution is 0.0988. The first-order chi connectivity index (χ1) is 6.19. The lowest BCUT2D eigenvalue weighted by atomic mass is 10.1. The Labute approximate surface area is 100 Å². The van der Waals surface area contributed by atoms with Gasteiger partial charge in [-0.25, -0.2) is 0 Å². The van der Waals surface area contributed by atoms with Crippen LogP contribution in [0.5, 0.6) is 0 Å². The Hall–Kier alpha value is 0.1000. The molecule has 70 valence electrons. The van der Waals surface area contributed by atoms with Crippen molar-refractivity contribution in [3.05, 3.63) is 32.9 Å². The molecule has 0 saturated carbocycles. The molecule has 0 radical (unpaired) electrons. The van der Waals surface area contributed by atoms with Gasteiger partial charge < -0.3 is 0 Å². The van der Waals surface area contributed by atoms with E-state index in [9.17, 15) is 4.79 Å². The molecule has 0 amide bonds. The topological polar surface area (TPSA) is 17.1 Å². The van der Waals surface area contributed by atoms with Crippen LogP contribution in [0, 0.1) is 3.57 Å². The summed E-state index contributed by atoms with van der Waals surface area (Å²) in [5, 5.41) is 0.839. The van der Waals surface area contributed by atoms with Gasteiger partial charge in [0, 0.05) is 20.9 Å². The van der Waals surface area contributed by atoms with Crippen LogP contribution in [-0.4, -0.2) is 5.78 Å². The molecule has 1 nitrogen and oxygen atoms in total. The van der Waals surface area contributed by atoms with Crippen molar-refractivity contribution < 1.29 is 4.79 Å². The van der Waals surface area contributed by atoms with E-state index in [1.165, 1.54) is 5.56 Å². The van der Waals surface area contributed by atoms with Gasteiger partial charge in [0.05, 0.1) is 0 Å². The summed E-state index contributed by atoms with van der Waals surface area (Å²) >= 11 is 5.65. The van der Waals surface area contributed by atoms with E-state index in [0.717, 1.165) is 14.5 Å². The molecule has 0 saturated heterocycles. The predicted octanol–water partition coefficient (Wildman–Crippen LogP) is 3.78. The van der Waals surface area contributed by atoms with Crippen molar-refractivity contribution in [3.8, 4) is 0 Å². The zero-order chi connectivity index (χ0) is 9.84. The third kappa shape index (κ3) is 2.77. The van der Waals surface area contributed by atoms with E-state index in [-0.39, 0.29) is 5.78 Å². The monoisotopic (exact) mass is 352 g/mol. The average molecular weight is 353 g/mol. The van der Waals surface area contributed by atoms with Gasteiger partial charge in [-0.15, -0.1) is 0 Å². The minimum atomic E-state index is 0.207. The molecule has 0 aliphatic heterocycles. The van der Waals surface area contributed by atoms with Crippen molar-refractivity contribution in [2.45, 2.75) is 18.7 Å². The van der Waals surface area contributed by atoms with Crippen LogP contribution >= 0.6 is 38.5 Å². The number of Topliss-reactive ketones (excluding diaryl/α,β-unsaturated/α-hetero) is 1. The Morgan fingerprint density at radius 3 is 2.69 bits per heavy atom. The van der Waals surface area contributed by atoms with Crippen LogP contribution in [0.1, 0.15) is 29.3 Å². The first-order valence-corrected chi connectivity index (χ1v) is 6.26. The maximum absolute atomic E-state index is 11.4. The summed E-state index contributed by atoms with van der Waals surface area (Å²) in [7, 11) is 0. The fraction of sp³-hybridized carbons (Fsp3) is 0.300. The van der Waals surface area contributed by atoms with Gasteiger partial charge in [-0.3, -0.25) is 4.79 Å². The van der Waals surface area contributed by atoms with Crippen molar-refractivity contribution in [3.63, 3.8) is 0 Å².